The lowest BCUT2D eigenvalue weighted by Gasteiger charge is -2.38. The number of carbonyl (C=O) groups is 3. The van der Waals surface area contributed by atoms with Gasteiger partial charge in [0.05, 0.1) is 0 Å². The highest BCUT2D eigenvalue weighted by molar-refractivity contribution is 6.03. The highest BCUT2D eigenvalue weighted by Gasteiger charge is 2.46. The van der Waals surface area contributed by atoms with E-state index in [-0.39, 0.29) is 18.9 Å². The monoisotopic (exact) mass is 465 g/mol. The van der Waals surface area contributed by atoms with Crippen LogP contribution in [-0.4, -0.2) is 54.2 Å². The molecule has 0 unspecified atom stereocenters. The van der Waals surface area contributed by atoms with Gasteiger partial charge in [-0.15, -0.1) is 5.06 Å². The van der Waals surface area contributed by atoms with Gasteiger partial charge in [0.15, 0.2) is 0 Å². The van der Waals surface area contributed by atoms with Gasteiger partial charge in [0, 0.05) is 30.9 Å². The number of amides is 2. The highest BCUT2D eigenvalue weighted by atomic mass is 19.4. The van der Waals surface area contributed by atoms with Crippen LogP contribution < -0.4 is 10.2 Å². The maximum absolute atomic E-state index is 12.8. The van der Waals surface area contributed by atoms with Crippen molar-refractivity contribution in [1.29, 1.82) is 0 Å². The average molecular weight is 465 g/mol. The first-order valence-electron chi connectivity index (χ1n) is 11.2. The largest absolute Gasteiger partial charge is 0.492 e. The van der Waals surface area contributed by atoms with Crippen LogP contribution >= 0.6 is 0 Å². The summed E-state index contributed by atoms with van der Waals surface area (Å²) in [5, 5.41) is 3.57. The molecule has 2 amide bonds. The van der Waals surface area contributed by atoms with Gasteiger partial charge in [-0.25, -0.2) is 4.79 Å². The van der Waals surface area contributed by atoms with Crippen molar-refractivity contribution < 1.29 is 32.4 Å². The molecule has 0 spiro atoms. The molecule has 178 valence electrons. The van der Waals surface area contributed by atoms with E-state index in [2.05, 4.69) is 10.2 Å². The summed E-state index contributed by atoms with van der Waals surface area (Å²) in [6.07, 6.45) is 2.87. The van der Waals surface area contributed by atoms with Gasteiger partial charge in [0.1, 0.15) is 6.04 Å². The molecule has 33 heavy (non-hydrogen) atoms. The minimum Gasteiger partial charge on any atom is -0.360 e. The number of hydrogen-bond acceptors (Lipinski definition) is 5. The van der Waals surface area contributed by atoms with Crippen LogP contribution in [0.5, 0.6) is 0 Å². The van der Waals surface area contributed by atoms with Gasteiger partial charge in [-0.1, -0.05) is 43.5 Å². The Morgan fingerprint density at radius 3 is 2.55 bits per heavy atom. The predicted octanol–water partition coefficient (Wildman–Crippen LogP) is 2.90. The normalized spacial score (nSPS) is 21.8. The third-order valence-electron chi connectivity index (χ3n) is 6.47. The van der Waals surface area contributed by atoms with Crippen molar-refractivity contribution in [3.05, 3.63) is 42.0 Å². The van der Waals surface area contributed by atoms with Crippen molar-refractivity contribution >= 4 is 23.5 Å². The molecule has 1 aromatic rings. The first-order chi connectivity index (χ1) is 15.7. The second-order valence-corrected chi connectivity index (χ2v) is 8.70. The molecule has 2 aliphatic heterocycles. The van der Waals surface area contributed by atoms with Gasteiger partial charge in [-0.05, 0) is 36.8 Å². The first kappa shape index (κ1) is 23.3. The minimum atomic E-state index is -5.12. The Balaban J connectivity index is 1.37. The summed E-state index contributed by atoms with van der Waals surface area (Å²) in [5.41, 5.74) is 1.99. The Morgan fingerprint density at radius 1 is 1.15 bits per heavy atom. The quantitative estimate of drug-likeness (QED) is 0.627. The van der Waals surface area contributed by atoms with Crippen LogP contribution in [0.3, 0.4) is 0 Å². The van der Waals surface area contributed by atoms with Crippen LogP contribution in [0, 0.1) is 5.92 Å². The molecule has 0 radical (unpaired) electrons. The molecular formula is C23H26F3N3O4. The molecule has 1 saturated heterocycles. The molecule has 1 N–H and O–H groups in total. The Kier molecular flexibility index (Phi) is 6.73. The van der Waals surface area contributed by atoms with Gasteiger partial charge in [-0.2, -0.15) is 13.2 Å². The summed E-state index contributed by atoms with van der Waals surface area (Å²) >= 11 is 0. The molecule has 1 saturated carbocycles. The maximum atomic E-state index is 12.8. The first-order valence-corrected chi connectivity index (χ1v) is 11.2. The molecule has 4 rings (SSSR count). The second kappa shape index (κ2) is 9.54. The Morgan fingerprint density at radius 2 is 1.91 bits per heavy atom. The van der Waals surface area contributed by atoms with Crippen LogP contribution in [0.4, 0.5) is 18.9 Å². The SMILES string of the molecule is O=C(N[C@H](/C=C/C(=O)N1CCc2ccccc21)CC1CCC1)[C@@H]1CCN1OC(=O)C(F)(F)F. The number of hydrogen-bond donors (Lipinski definition) is 1. The number of para-hydroxylation sites is 1. The summed E-state index contributed by atoms with van der Waals surface area (Å²) in [6, 6.07) is 6.28. The molecule has 1 aliphatic carbocycles. The lowest BCUT2D eigenvalue weighted by atomic mass is 9.80. The molecule has 0 aromatic heterocycles. The number of rotatable bonds is 7. The number of carbonyl (C=O) groups excluding carboxylic acids is 3. The van der Waals surface area contributed by atoms with Crippen LogP contribution in [0.1, 0.15) is 37.7 Å². The van der Waals surface area contributed by atoms with E-state index in [4.69, 9.17) is 0 Å². The van der Waals surface area contributed by atoms with Gasteiger partial charge >= 0.3 is 12.1 Å². The number of anilines is 1. The topological polar surface area (TPSA) is 79.0 Å². The zero-order chi connectivity index (χ0) is 23.6. The fraction of sp³-hybridized carbons (Fsp3) is 0.522. The molecule has 3 aliphatic rings. The van der Waals surface area contributed by atoms with E-state index in [1.165, 1.54) is 6.08 Å². The Labute approximate surface area is 189 Å². The van der Waals surface area contributed by atoms with E-state index in [1.807, 2.05) is 24.3 Å². The zero-order valence-corrected chi connectivity index (χ0v) is 18.0. The van der Waals surface area contributed by atoms with E-state index in [0.29, 0.717) is 18.9 Å². The zero-order valence-electron chi connectivity index (χ0n) is 18.0. The summed E-state index contributed by atoms with van der Waals surface area (Å²) in [7, 11) is 0. The summed E-state index contributed by atoms with van der Waals surface area (Å²) < 4.78 is 37.3. The molecule has 1 aromatic carbocycles. The number of fused-ring (bicyclic) bond motifs is 1. The number of nitrogens with one attached hydrogen (secondary N) is 1. The van der Waals surface area contributed by atoms with Crippen molar-refractivity contribution in [2.45, 2.75) is 56.8 Å². The molecule has 10 heteroatoms. The third kappa shape index (κ3) is 5.38. The lowest BCUT2D eigenvalue weighted by molar-refractivity contribution is -0.261. The van der Waals surface area contributed by atoms with E-state index in [0.717, 1.165) is 42.0 Å². The van der Waals surface area contributed by atoms with Gasteiger partial charge in [0.25, 0.3) is 5.91 Å². The highest BCUT2D eigenvalue weighted by Crippen LogP contribution is 2.31. The van der Waals surface area contributed by atoms with Crippen molar-refractivity contribution in [1.82, 2.24) is 10.4 Å². The van der Waals surface area contributed by atoms with Crippen molar-refractivity contribution in [3.8, 4) is 0 Å². The maximum Gasteiger partial charge on any atom is 0.492 e. The van der Waals surface area contributed by atoms with Crippen LogP contribution in [0.2, 0.25) is 0 Å². The summed E-state index contributed by atoms with van der Waals surface area (Å²) in [6.45, 7) is 0.639. The molecule has 2 heterocycles. The van der Waals surface area contributed by atoms with Gasteiger partial charge in [-0.3, -0.25) is 9.59 Å². The van der Waals surface area contributed by atoms with E-state index in [1.54, 1.807) is 11.0 Å². The van der Waals surface area contributed by atoms with Crippen LogP contribution in [-0.2, 0) is 25.6 Å². The number of benzene rings is 1. The predicted molar refractivity (Wildman–Crippen MR) is 113 cm³/mol. The van der Waals surface area contributed by atoms with E-state index >= 15 is 0 Å². The average Bonchev–Trinajstić information content (AvgIpc) is 3.14. The Hall–Kier alpha value is -2.88. The van der Waals surface area contributed by atoms with E-state index in [9.17, 15) is 27.6 Å². The van der Waals surface area contributed by atoms with E-state index < -0.39 is 30.1 Å². The fourth-order valence-corrected chi connectivity index (χ4v) is 4.30. The second-order valence-electron chi connectivity index (χ2n) is 8.70. The minimum absolute atomic E-state index is 0.0515. The van der Waals surface area contributed by atoms with Gasteiger partial charge < -0.3 is 15.1 Å². The molecule has 2 atom stereocenters. The molecule has 7 nitrogen and oxygen atoms in total. The smallest absolute Gasteiger partial charge is 0.360 e. The van der Waals surface area contributed by atoms with Crippen molar-refractivity contribution in [2.75, 3.05) is 18.0 Å². The lowest BCUT2D eigenvalue weighted by Crippen LogP contribution is -2.58. The third-order valence-corrected chi connectivity index (χ3v) is 6.47. The molecule has 0 bridgehead atoms. The van der Waals surface area contributed by atoms with Crippen molar-refractivity contribution in [3.63, 3.8) is 0 Å². The number of nitrogens with zero attached hydrogens (tertiary/aromatic N) is 2. The van der Waals surface area contributed by atoms with Gasteiger partial charge in [0.2, 0.25) is 5.91 Å². The number of alkyl halides is 3. The van der Waals surface area contributed by atoms with Crippen LogP contribution in [0.15, 0.2) is 36.4 Å². The van der Waals surface area contributed by atoms with Crippen molar-refractivity contribution in [2.24, 2.45) is 5.92 Å². The molecular weight excluding hydrogens is 439 g/mol. The fourth-order valence-electron chi connectivity index (χ4n) is 4.30. The summed E-state index contributed by atoms with van der Waals surface area (Å²) in [4.78, 5) is 42.5. The number of halogens is 3. The standard InChI is InChI=1S/C23H26F3N3O4/c24-23(25,26)22(32)33-29-13-11-19(29)21(31)27-17(14-15-4-3-5-15)8-9-20(30)28-12-10-16-6-1-2-7-18(16)28/h1-2,6-9,15,17,19H,3-5,10-14H2,(H,27,31)/b9-8+/t17-,19+/m1/s1. The summed E-state index contributed by atoms with van der Waals surface area (Å²) in [5.74, 6) is -2.63. The number of hydroxylamine groups is 2. The molecule has 2 fully saturated rings. The Bertz CT molecular complexity index is 945. The van der Waals surface area contributed by atoms with Crippen LogP contribution in [0.25, 0.3) is 0 Å².